The summed E-state index contributed by atoms with van der Waals surface area (Å²) in [5, 5.41) is 2.95. The molecule has 1 aromatic carbocycles. The monoisotopic (exact) mass is 313 g/mol. The van der Waals surface area contributed by atoms with Gasteiger partial charge in [0.2, 0.25) is 5.91 Å². The van der Waals surface area contributed by atoms with Crippen LogP contribution in [0.5, 0.6) is 0 Å². The maximum atomic E-state index is 11.6. The summed E-state index contributed by atoms with van der Waals surface area (Å²) >= 11 is 1.69. The van der Waals surface area contributed by atoms with Crippen LogP contribution in [0.3, 0.4) is 0 Å². The number of thiazole rings is 1. The third-order valence-corrected chi connectivity index (χ3v) is 4.37. The van der Waals surface area contributed by atoms with Crippen LogP contribution in [0.25, 0.3) is 16.2 Å². The molecule has 0 spiro atoms. The van der Waals surface area contributed by atoms with Crippen LogP contribution < -0.4 is 5.32 Å². The largest absolute Gasteiger partial charge is 0.352 e. The van der Waals surface area contributed by atoms with Gasteiger partial charge in [-0.15, -0.1) is 11.3 Å². The lowest BCUT2D eigenvalue weighted by Crippen LogP contribution is -2.22. The summed E-state index contributed by atoms with van der Waals surface area (Å²) in [7, 11) is 0. The molecule has 0 atom stereocenters. The Morgan fingerprint density at radius 3 is 3.00 bits per heavy atom. The van der Waals surface area contributed by atoms with Gasteiger partial charge in [0.15, 0.2) is 4.96 Å². The highest BCUT2D eigenvalue weighted by atomic mass is 32.1. The number of carbonyl (C=O) groups excluding carboxylic acids is 1. The maximum absolute atomic E-state index is 11.6. The summed E-state index contributed by atoms with van der Waals surface area (Å²) in [6.07, 6.45) is 5.59. The van der Waals surface area contributed by atoms with E-state index in [4.69, 9.17) is 0 Å². The predicted molar refractivity (Wildman–Crippen MR) is 90.0 cm³/mol. The quantitative estimate of drug-likeness (QED) is 0.779. The number of rotatable bonds is 5. The molecule has 3 rings (SSSR count). The van der Waals surface area contributed by atoms with Crippen LogP contribution in [-0.4, -0.2) is 15.3 Å². The molecule has 0 radical (unpaired) electrons. The second-order valence-electron chi connectivity index (χ2n) is 5.38. The van der Waals surface area contributed by atoms with Crippen molar-refractivity contribution in [2.45, 2.75) is 33.2 Å². The predicted octanol–water partition coefficient (Wildman–Crippen LogP) is 3.79. The number of benzene rings is 1. The molecule has 0 saturated heterocycles. The van der Waals surface area contributed by atoms with Crippen molar-refractivity contribution in [3.8, 4) is 11.3 Å². The van der Waals surface area contributed by atoms with Crippen LogP contribution in [0.2, 0.25) is 0 Å². The number of amides is 1. The van der Waals surface area contributed by atoms with Gasteiger partial charge < -0.3 is 5.32 Å². The van der Waals surface area contributed by atoms with Crippen molar-refractivity contribution in [3.63, 3.8) is 0 Å². The van der Waals surface area contributed by atoms with E-state index < -0.39 is 0 Å². The molecule has 2 aromatic heterocycles. The van der Waals surface area contributed by atoms with Gasteiger partial charge in [0, 0.05) is 35.8 Å². The van der Waals surface area contributed by atoms with Gasteiger partial charge in [-0.05, 0) is 25.0 Å². The number of nitrogens with one attached hydrogen (secondary N) is 1. The Bertz CT molecular complexity index is 772. The summed E-state index contributed by atoms with van der Waals surface area (Å²) in [5.41, 5.74) is 3.14. The number of fused-ring (bicyclic) bond motifs is 1. The van der Waals surface area contributed by atoms with Crippen LogP contribution in [0, 0.1) is 6.92 Å². The minimum Gasteiger partial charge on any atom is -0.352 e. The van der Waals surface area contributed by atoms with E-state index in [9.17, 15) is 4.79 Å². The van der Waals surface area contributed by atoms with Gasteiger partial charge in [-0.2, -0.15) is 0 Å². The fourth-order valence-corrected chi connectivity index (χ4v) is 3.22. The number of hydrogen-bond acceptors (Lipinski definition) is 3. The molecular formula is C17H19N3OS. The minimum absolute atomic E-state index is 0.103. The van der Waals surface area contributed by atoms with Gasteiger partial charge in [0.05, 0.1) is 5.69 Å². The van der Waals surface area contributed by atoms with E-state index in [1.165, 1.54) is 4.88 Å². The first kappa shape index (κ1) is 14.8. The Hall–Kier alpha value is -2.14. The summed E-state index contributed by atoms with van der Waals surface area (Å²) in [6, 6.07) is 8.18. The van der Waals surface area contributed by atoms with Crippen LogP contribution in [-0.2, 0) is 11.3 Å². The summed E-state index contributed by atoms with van der Waals surface area (Å²) < 4.78 is 2.06. The fourth-order valence-electron chi connectivity index (χ4n) is 2.41. The molecule has 0 fully saturated rings. The van der Waals surface area contributed by atoms with Gasteiger partial charge in [0.1, 0.15) is 0 Å². The van der Waals surface area contributed by atoms with Gasteiger partial charge >= 0.3 is 0 Å². The van der Waals surface area contributed by atoms with E-state index in [0.29, 0.717) is 13.0 Å². The van der Waals surface area contributed by atoms with E-state index in [1.807, 2.05) is 25.3 Å². The number of aromatic nitrogens is 2. The maximum Gasteiger partial charge on any atom is 0.220 e. The SMILES string of the molecule is CCCC(=O)NCc1cccc(-c2cn3cc(C)sc3n2)c1. The Labute approximate surface area is 133 Å². The van der Waals surface area contributed by atoms with E-state index in [1.54, 1.807) is 11.3 Å². The fraction of sp³-hybridized carbons (Fsp3) is 0.294. The van der Waals surface area contributed by atoms with Crippen LogP contribution in [0.1, 0.15) is 30.2 Å². The van der Waals surface area contributed by atoms with Gasteiger partial charge in [-0.1, -0.05) is 25.1 Å². The average molecular weight is 313 g/mol. The van der Waals surface area contributed by atoms with E-state index >= 15 is 0 Å². The van der Waals surface area contributed by atoms with Crippen LogP contribution in [0.15, 0.2) is 36.7 Å². The molecule has 0 aliphatic rings. The number of imidazole rings is 1. The first-order chi connectivity index (χ1) is 10.7. The molecule has 22 heavy (non-hydrogen) atoms. The first-order valence-corrected chi connectivity index (χ1v) is 8.28. The Balaban J connectivity index is 1.78. The zero-order valence-electron chi connectivity index (χ0n) is 12.8. The van der Waals surface area contributed by atoms with Crippen LogP contribution in [0.4, 0.5) is 0 Å². The smallest absolute Gasteiger partial charge is 0.220 e. The normalized spacial score (nSPS) is 11.0. The third kappa shape index (κ3) is 3.20. The number of aryl methyl sites for hydroxylation is 1. The molecule has 0 bridgehead atoms. The molecule has 3 aromatic rings. The molecule has 2 heterocycles. The third-order valence-electron chi connectivity index (χ3n) is 3.46. The van der Waals surface area contributed by atoms with Crippen molar-refractivity contribution in [1.82, 2.24) is 14.7 Å². The van der Waals surface area contributed by atoms with E-state index in [0.717, 1.165) is 28.2 Å². The molecule has 0 unspecified atom stereocenters. The number of nitrogens with zero attached hydrogens (tertiary/aromatic N) is 2. The van der Waals surface area contributed by atoms with Gasteiger partial charge in [-0.3, -0.25) is 9.20 Å². The molecule has 114 valence electrons. The lowest BCUT2D eigenvalue weighted by Gasteiger charge is -2.06. The Kier molecular flexibility index (Phi) is 4.24. The summed E-state index contributed by atoms with van der Waals surface area (Å²) in [4.78, 5) is 18.5. The van der Waals surface area contributed by atoms with Crippen molar-refractivity contribution in [1.29, 1.82) is 0 Å². The average Bonchev–Trinajstić information content (AvgIpc) is 3.03. The van der Waals surface area contributed by atoms with Crippen molar-refractivity contribution in [2.24, 2.45) is 0 Å². The molecule has 0 saturated carbocycles. The highest BCUT2D eigenvalue weighted by Gasteiger charge is 2.07. The lowest BCUT2D eigenvalue weighted by atomic mass is 10.1. The highest BCUT2D eigenvalue weighted by Crippen LogP contribution is 2.24. The molecule has 4 nitrogen and oxygen atoms in total. The van der Waals surface area contributed by atoms with E-state index in [-0.39, 0.29) is 5.91 Å². The molecule has 0 aliphatic carbocycles. The Morgan fingerprint density at radius 1 is 1.36 bits per heavy atom. The number of carbonyl (C=O) groups is 1. The summed E-state index contributed by atoms with van der Waals surface area (Å²) in [6.45, 7) is 4.65. The van der Waals surface area contributed by atoms with Crippen molar-refractivity contribution < 1.29 is 4.79 Å². The lowest BCUT2D eigenvalue weighted by molar-refractivity contribution is -0.121. The van der Waals surface area contributed by atoms with Gasteiger partial charge in [-0.25, -0.2) is 4.98 Å². The van der Waals surface area contributed by atoms with Crippen LogP contribution >= 0.6 is 11.3 Å². The molecule has 5 heteroatoms. The molecule has 1 N–H and O–H groups in total. The Morgan fingerprint density at radius 2 is 2.23 bits per heavy atom. The van der Waals surface area contributed by atoms with E-state index in [2.05, 4.69) is 40.0 Å². The van der Waals surface area contributed by atoms with Crippen molar-refractivity contribution >= 4 is 22.2 Å². The first-order valence-electron chi connectivity index (χ1n) is 7.47. The highest BCUT2D eigenvalue weighted by molar-refractivity contribution is 7.17. The molecular weight excluding hydrogens is 294 g/mol. The summed E-state index contributed by atoms with van der Waals surface area (Å²) in [5.74, 6) is 0.103. The topological polar surface area (TPSA) is 46.4 Å². The zero-order chi connectivity index (χ0) is 15.5. The van der Waals surface area contributed by atoms with Crippen molar-refractivity contribution in [2.75, 3.05) is 0 Å². The second kappa shape index (κ2) is 6.32. The standard InChI is InChI=1S/C17H19N3OS/c1-3-5-16(21)18-9-13-6-4-7-14(8-13)15-11-20-10-12(2)22-17(20)19-15/h4,6-8,10-11H,3,5,9H2,1-2H3,(H,18,21). The molecule has 1 amide bonds. The van der Waals surface area contributed by atoms with Gasteiger partial charge in [0.25, 0.3) is 0 Å². The zero-order valence-corrected chi connectivity index (χ0v) is 13.6. The van der Waals surface area contributed by atoms with Crippen molar-refractivity contribution in [3.05, 3.63) is 47.1 Å². The number of hydrogen-bond donors (Lipinski definition) is 1. The molecule has 0 aliphatic heterocycles. The second-order valence-corrected chi connectivity index (χ2v) is 6.60. The minimum atomic E-state index is 0.103.